The number of nitrogens with zero attached hydrogens (tertiary/aromatic N) is 1. The standard InChI is InChI=1S/C10H9BrClN/c1-7-9(6-12)13-5-3-2-4-8(13)10(7)11/h2-5H,6H2,1H3. The average Bonchev–Trinajstić information content (AvgIpc) is 2.41. The van der Waals surface area contributed by atoms with Crippen LogP contribution in [0.2, 0.25) is 0 Å². The van der Waals surface area contributed by atoms with Crippen LogP contribution in [0.4, 0.5) is 0 Å². The van der Waals surface area contributed by atoms with E-state index in [1.165, 1.54) is 11.1 Å². The van der Waals surface area contributed by atoms with Crippen molar-refractivity contribution in [1.29, 1.82) is 0 Å². The fraction of sp³-hybridized carbons (Fsp3) is 0.200. The topological polar surface area (TPSA) is 4.41 Å². The maximum absolute atomic E-state index is 5.88. The molecule has 0 saturated carbocycles. The summed E-state index contributed by atoms with van der Waals surface area (Å²) in [5.74, 6) is 0.544. The molecule has 0 radical (unpaired) electrons. The molecule has 0 aliphatic carbocycles. The highest BCUT2D eigenvalue weighted by Crippen LogP contribution is 2.28. The molecule has 0 fully saturated rings. The first-order valence-electron chi connectivity index (χ1n) is 4.05. The van der Waals surface area contributed by atoms with Crippen molar-refractivity contribution in [2.75, 3.05) is 0 Å². The maximum Gasteiger partial charge on any atom is 0.0634 e. The van der Waals surface area contributed by atoms with E-state index < -0.39 is 0 Å². The van der Waals surface area contributed by atoms with Crippen molar-refractivity contribution in [3.8, 4) is 0 Å². The molecule has 0 spiro atoms. The molecule has 13 heavy (non-hydrogen) atoms. The van der Waals surface area contributed by atoms with E-state index in [1.807, 2.05) is 18.3 Å². The van der Waals surface area contributed by atoms with Gasteiger partial charge in [-0.25, -0.2) is 0 Å². The Bertz CT molecular complexity index is 447. The Morgan fingerprint density at radius 2 is 2.23 bits per heavy atom. The zero-order valence-corrected chi connectivity index (χ0v) is 9.56. The Hall–Kier alpha value is -0.470. The highest BCUT2D eigenvalue weighted by molar-refractivity contribution is 9.10. The first kappa shape index (κ1) is 9.10. The summed E-state index contributed by atoms with van der Waals surface area (Å²) in [6.45, 7) is 2.08. The predicted octanol–water partition coefficient (Wildman–Crippen LogP) is 3.75. The van der Waals surface area contributed by atoms with Crippen molar-refractivity contribution >= 4 is 33.0 Å². The Morgan fingerprint density at radius 3 is 2.92 bits per heavy atom. The van der Waals surface area contributed by atoms with Gasteiger partial charge in [0.2, 0.25) is 0 Å². The largest absolute Gasteiger partial charge is 0.318 e. The summed E-state index contributed by atoms with van der Waals surface area (Å²) in [4.78, 5) is 0. The minimum Gasteiger partial charge on any atom is -0.318 e. The van der Waals surface area contributed by atoms with Crippen molar-refractivity contribution < 1.29 is 0 Å². The second-order valence-corrected chi connectivity index (χ2v) is 4.04. The molecule has 0 atom stereocenters. The third-order valence-electron chi connectivity index (χ3n) is 2.26. The SMILES string of the molecule is Cc1c(Br)c2ccccn2c1CCl. The molecule has 0 unspecified atom stereocenters. The van der Waals surface area contributed by atoms with E-state index in [0.29, 0.717) is 5.88 Å². The smallest absolute Gasteiger partial charge is 0.0634 e. The molecule has 0 aromatic carbocycles. The van der Waals surface area contributed by atoms with E-state index in [1.54, 1.807) is 0 Å². The average molecular weight is 259 g/mol. The van der Waals surface area contributed by atoms with Crippen LogP contribution in [-0.4, -0.2) is 4.40 Å². The predicted molar refractivity (Wildman–Crippen MR) is 59.4 cm³/mol. The molecule has 2 heterocycles. The van der Waals surface area contributed by atoms with Gasteiger partial charge in [-0.3, -0.25) is 0 Å². The van der Waals surface area contributed by atoms with Crippen LogP contribution in [0.25, 0.3) is 5.52 Å². The lowest BCUT2D eigenvalue weighted by atomic mass is 10.3. The van der Waals surface area contributed by atoms with Gasteiger partial charge in [-0.15, -0.1) is 11.6 Å². The normalized spacial score (nSPS) is 11.0. The van der Waals surface area contributed by atoms with Crippen molar-refractivity contribution in [1.82, 2.24) is 4.40 Å². The zero-order chi connectivity index (χ0) is 9.42. The molecule has 0 bridgehead atoms. The Labute approximate surface area is 90.5 Å². The van der Waals surface area contributed by atoms with Crippen molar-refractivity contribution in [3.63, 3.8) is 0 Å². The molecule has 0 aliphatic heterocycles. The molecule has 0 aliphatic rings. The summed E-state index contributed by atoms with van der Waals surface area (Å²) < 4.78 is 3.26. The van der Waals surface area contributed by atoms with Crippen molar-refractivity contribution in [2.24, 2.45) is 0 Å². The van der Waals surface area contributed by atoms with E-state index in [9.17, 15) is 0 Å². The summed E-state index contributed by atoms with van der Waals surface area (Å²) in [7, 11) is 0. The lowest BCUT2D eigenvalue weighted by Crippen LogP contribution is -1.89. The van der Waals surface area contributed by atoms with Crippen LogP contribution in [0.3, 0.4) is 0 Å². The van der Waals surface area contributed by atoms with Crippen LogP contribution in [0, 0.1) is 6.92 Å². The number of aromatic nitrogens is 1. The molecule has 68 valence electrons. The molecule has 3 heteroatoms. The first-order valence-corrected chi connectivity index (χ1v) is 5.38. The molecule has 0 saturated heterocycles. The summed E-state index contributed by atoms with van der Waals surface area (Å²) in [5, 5.41) is 0. The second kappa shape index (κ2) is 3.35. The number of fused-ring (bicyclic) bond motifs is 1. The van der Waals surface area contributed by atoms with Crippen LogP contribution < -0.4 is 0 Å². The highest BCUT2D eigenvalue weighted by Gasteiger charge is 2.10. The lowest BCUT2D eigenvalue weighted by Gasteiger charge is -1.97. The van der Waals surface area contributed by atoms with Crippen LogP contribution >= 0.6 is 27.5 Å². The molecule has 1 nitrogen and oxygen atoms in total. The van der Waals surface area contributed by atoms with Gasteiger partial charge in [0.1, 0.15) is 0 Å². The minimum absolute atomic E-state index is 0.544. The van der Waals surface area contributed by atoms with Gasteiger partial charge in [0.15, 0.2) is 0 Å². The van der Waals surface area contributed by atoms with E-state index >= 15 is 0 Å². The molecule has 0 amide bonds. The minimum atomic E-state index is 0.544. The quantitative estimate of drug-likeness (QED) is 0.686. The second-order valence-electron chi connectivity index (χ2n) is 2.98. The van der Waals surface area contributed by atoms with E-state index in [2.05, 4.69) is 33.3 Å². The Kier molecular flexibility index (Phi) is 2.35. The van der Waals surface area contributed by atoms with Gasteiger partial charge in [-0.1, -0.05) is 6.07 Å². The molecule has 2 aromatic heterocycles. The van der Waals surface area contributed by atoms with Gasteiger partial charge in [0.25, 0.3) is 0 Å². The maximum atomic E-state index is 5.88. The third kappa shape index (κ3) is 1.29. The van der Waals surface area contributed by atoms with Crippen LogP contribution in [-0.2, 0) is 5.88 Å². The van der Waals surface area contributed by atoms with E-state index in [4.69, 9.17) is 11.6 Å². The number of alkyl halides is 1. The van der Waals surface area contributed by atoms with Gasteiger partial charge < -0.3 is 4.40 Å². The molecule has 0 N–H and O–H groups in total. The van der Waals surface area contributed by atoms with Crippen molar-refractivity contribution in [3.05, 3.63) is 40.1 Å². The summed E-state index contributed by atoms with van der Waals surface area (Å²) in [6.07, 6.45) is 2.03. The Morgan fingerprint density at radius 1 is 1.46 bits per heavy atom. The monoisotopic (exact) mass is 257 g/mol. The molecular formula is C10H9BrClN. The number of hydrogen-bond donors (Lipinski definition) is 0. The van der Waals surface area contributed by atoms with Crippen LogP contribution in [0.15, 0.2) is 28.9 Å². The van der Waals surface area contributed by atoms with E-state index in [-0.39, 0.29) is 0 Å². The lowest BCUT2D eigenvalue weighted by molar-refractivity contribution is 1.07. The van der Waals surface area contributed by atoms with Gasteiger partial charge in [0.05, 0.1) is 11.4 Å². The number of hydrogen-bond acceptors (Lipinski definition) is 0. The summed E-state index contributed by atoms with van der Waals surface area (Å²) >= 11 is 9.45. The van der Waals surface area contributed by atoms with Gasteiger partial charge in [0, 0.05) is 16.4 Å². The van der Waals surface area contributed by atoms with Crippen LogP contribution in [0.5, 0.6) is 0 Å². The number of pyridine rings is 1. The van der Waals surface area contributed by atoms with Crippen LogP contribution in [0.1, 0.15) is 11.3 Å². The fourth-order valence-corrected chi connectivity index (χ4v) is 2.40. The summed E-state index contributed by atoms with van der Waals surface area (Å²) in [6, 6.07) is 6.11. The van der Waals surface area contributed by atoms with Gasteiger partial charge in [-0.2, -0.15) is 0 Å². The van der Waals surface area contributed by atoms with Gasteiger partial charge >= 0.3 is 0 Å². The first-order chi connectivity index (χ1) is 6.25. The highest BCUT2D eigenvalue weighted by atomic mass is 79.9. The number of rotatable bonds is 1. The van der Waals surface area contributed by atoms with Gasteiger partial charge in [-0.05, 0) is 40.5 Å². The molecule has 2 rings (SSSR count). The summed E-state index contributed by atoms with van der Waals surface area (Å²) in [5.41, 5.74) is 3.56. The third-order valence-corrected chi connectivity index (χ3v) is 3.52. The fourth-order valence-electron chi connectivity index (χ4n) is 1.52. The molecular weight excluding hydrogens is 249 g/mol. The van der Waals surface area contributed by atoms with Crippen molar-refractivity contribution in [2.45, 2.75) is 12.8 Å². The van der Waals surface area contributed by atoms with E-state index in [0.717, 1.165) is 10.2 Å². The molecule has 2 aromatic rings. The zero-order valence-electron chi connectivity index (χ0n) is 7.22. The Balaban J connectivity index is 2.90. The number of halogens is 2.